The summed E-state index contributed by atoms with van der Waals surface area (Å²) in [4.78, 5) is 4.26. The molecule has 24 heavy (non-hydrogen) atoms. The van der Waals surface area contributed by atoms with E-state index in [9.17, 15) is 8.78 Å². The average molecular weight is 503 g/mol. The fourth-order valence-corrected chi connectivity index (χ4v) is 2.50. The Bertz CT molecular complexity index is 1000. The Balaban J connectivity index is 0.00000169. The molecule has 2 aromatic heterocycles. The summed E-state index contributed by atoms with van der Waals surface area (Å²) in [5.74, 6) is -1.09. The molecule has 2 heterocycles. The molecule has 0 saturated carbocycles. The molecule has 123 valence electrons. The third-order valence-electron chi connectivity index (χ3n) is 3.62. The van der Waals surface area contributed by atoms with Crippen molar-refractivity contribution >= 4 is 11.0 Å². The molecule has 0 saturated heterocycles. The maximum absolute atomic E-state index is 14.0. The number of hydrogen-bond acceptors (Lipinski definition) is 3. The van der Waals surface area contributed by atoms with E-state index in [4.69, 9.17) is 0 Å². The Morgan fingerprint density at radius 3 is 2.62 bits per heavy atom. The average Bonchev–Trinajstić information content (AvgIpc) is 3.14. The number of hydrogen-bond donors (Lipinski definition) is 0. The minimum absolute atomic E-state index is 0. The molecule has 0 N–H and O–H groups in total. The monoisotopic (exact) mass is 503 g/mol. The second kappa shape index (κ2) is 6.22. The largest absolute Gasteiger partial charge is 0.373 e. The molecule has 0 aliphatic rings. The van der Waals surface area contributed by atoms with Gasteiger partial charge in [-0.3, -0.25) is 4.98 Å². The quantitative estimate of drug-likeness (QED) is 0.396. The van der Waals surface area contributed by atoms with Crippen LogP contribution in [0.4, 0.5) is 8.78 Å². The van der Waals surface area contributed by atoms with Crippen molar-refractivity contribution in [1.29, 1.82) is 0 Å². The van der Waals surface area contributed by atoms with Crippen molar-refractivity contribution in [3.63, 3.8) is 0 Å². The van der Waals surface area contributed by atoms with Gasteiger partial charge in [-0.2, -0.15) is 5.10 Å². The summed E-state index contributed by atoms with van der Waals surface area (Å²) in [5.41, 5.74) is 1.97. The molecule has 0 bridgehead atoms. The van der Waals surface area contributed by atoms with Gasteiger partial charge in [0, 0.05) is 32.7 Å². The summed E-state index contributed by atoms with van der Waals surface area (Å²) in [6.07, 6.45) is 2.96. The van der Waals surface area contributed by atoms with Crippen molar-refractivity contribution in [3.05, 3.63) is 60.7 Å². The summed E-state index contributed by atoms with van der Waals surface area (Å²) >= 11 is 0. The van der Waals surface area contributed by atoms with E-state index >= 15 is 0 Å². The third kappa shape index (κ3) is 2.53. The number of aryl methyl sites for hydroxylation is 1. The van der Waals surface area contributed by atoms with Crippen LogP contribution in [-0.2, 0) is 27.2 Å². The van der Waals surface area contributed by atoms with Gasteiger partial charge in [-0.15, -0.1) is 28.9 Å². The molecule has 8 heteroatoms. The first kappa shape index (κ1) is 16.4. The molecule has 0 fully saturated rings. The molecule has 0 aliphatic heterocycles. The number of imidazole rings is 1. The van der Waals surface area contributed by atoms with Gasteiger partial charge in [-0.1, -0.05) is 6.07 Å². The van der Waals surface area contributed by atoms with Crippen LogP contribution in [0.1, 0.15) is 0 Å². The van der Waals surface area contributed by atoms with Gasteiger partial charge in [0.05, 0.1) is 12.2 Å². The molecule has 0 amide bonds. The number of para-hydroxylation sites is 1. The fraction of sp³-hybridized carbons (Fsp3) is 0.0625. The summed E-state index contributed by atoms with van der Waals surface area (Å²) in [6, 6.07) is 10.3. The Kier molecular flexibility index (Phi) is 4.26. The van der Waals surface area contributed by atoms with Crippen LogP contribution in [0.25, 0.3) is 28.1 Å². The van der Waals surface area contributed by atoms with Gasteiger partial charge < -0.3 is 9.13 Å². The van der Waals surface area contributed by atoms with Crippen molar-refractivity contribution in [3.8, 4) is 17.1 Å². The van der Waals surface area contributed by atoms with Crippen LogP contribution in [0, 0.1) is 17.7 Å². The van der Waals surface area contributed by atoms with Gasteiger partial charge in [0.2, 0.25) is 0 Å². The van der Waals surface area contributed by atoms with Gasteiger partial charge in [0.15, 0.2) is 0 Å². The van der Waals surface area contributed by atoms with Crippen molar-refractivity contribution in [2.45, 2.75) is 0 Å². The topological polar surface area (TPSA) is 48.5 Å². The first-order chi connectivity index (χ1) is 11.1. The van der Waals surface area contributed by atoms with Crippen LogP contribution < -0.4 is 0 Å². The molecule has 4 aromatic rings. The third-order valence-corrected chi connectivity index (χ3v) is 3.62. The number of rotatable bonds is 2. The van der Waals surface area contributed by atoms with Gasteiger partial charge in [-0.05, 0) is 17.6 Å². The molecular formula is C16H10F2IrN5-. The Hall–Kier alpha value is -2.44. The van der Waals surface area contributed by atoms with Crippen molar-refractivity contribution in [1.82, 2.24) is 24.3 Å². The molecule has 4 rings (SSSR count). The van der Waals surface area contributed by atoms with Crippen LogP contribution in [0.2, 0.25) is 0 Å². The molecule has 0 unspecified atom stereocenters. The van der Waals surface area contributed by atoms with Gasteiger partial charge in [0.1, 0.15) is 23.6 Å². The summed E-state index contributed by atoms with van der Waals surface area (Å²) in [7, 11) is 1.88. The standard InChI is InChI=1S/C16H10F2N5.Ir/c1-22-8-19-13-7-10(5-6-14(13)22)16-21-20-9-23(16)15-11(17)3-2-4-12(15)18;/h2-4,6-9H,1H3;/q-1;. The Labute approximate surface area is 149 Å². The van der Waals surface area contributed by atoms with E-state index in [1.54, 1.807) is 18.5 Å². The molecule has 0 atom stereocenters. The van der Waals surface area contributed by atoms with E-state index in [0.29, 0.717) is 11.4 Å². The number of halogens is 2. The van der Waals surface area contributed by atoms with Crippen molar-refractivity contribution < 1.29 is 28.9 Å². The fourth-order valence-electron chi connectivity index (χ4n) is 2.50. The first-order valence-electron chi connectivity index (χ1n) is 6.82. The minimum atomic E-state index is -0.690. The summed E-state index contributed by atoms with van der Waals surface area (Å²) < 4.78 is 31.2. The van der Waals surface area contributed by atoms with E-state index in [1.165, 1.54) is 29.1 Å². The maximum Gasteiger partial charge on any atom is 0.149 e. The van der Waals surface area contributed by atoms with E-state index < -0.39 is 11.6 Å². The Morgan fingerprint density at radius 1 is 1.12 bits per heavy atom. The van der Waals surface area contributed by atoms with E-state index in [1.807, 2.05) is 11.6 Å². The molecule has 0 aliphatic carbocycles. The number of fused-ring (bicyclic) bond motifs is 1. The summed E-state index contributed by atoms with van der Waals surface area (Å²) in [6.45, 7) is 0. The zero-order valence-corrected chi connectivity index (χ0v) is 14.8. The zero-order chi connectivity index (χ0) is 16.0. The predicted molar refractivity (Wildman–Crippen MR) is 79.8 cm³/mol. The van der Waals surface area contributed by atoms with Crippen molar-refractivity contribution in [2.24, 2.45) is 7.05 Å². The zero-order valence-electron chi connectivity index (χ0n) is 12.4. The number of aromatic nitrogens is 5. The smallest absolute Gasteiger partial charge is 0.149 e. The van der Waals surface area contributed by atoms with Crippen LogP contribution in [-0.4, -0.2) is 24.3 Å². The van der Waals surface area contributed by atoms with E-state index in [-0.39, 0.29) is 25.8 Å². The maximum atomic E-state index is 14.0. The van der Waals surface area contributed by atoms with Gasteiger partial charge in [0.25, 0.3) is 0 Å². The molecular weight excluding hydrogens is 492 g/mol. The predicted octanol–water partition coefficient (Wildman–Crippen LogP) is 2.90. The van der Waals surface area contributed by atoms with E-state index in [2.05, 4.69) is 21.2 Å². The number of benzene rings is 2. The first-order valence-corrected chi connectivity index (χ1v) is 6.82. The van der Waals surface area contributed by atoms with E-state index in [0.717, 1.165) is 11.0 Å². The number of nitrogens with zero attached hydrogens (tertiary/aromatic N) is 5. The van der Waals surface area contributed by atoms with Crippen LogP contribution in [0.5, 0.6) is 0 Å². The van der Waals surface area contributed by atoms with Crippen LogP contribution in [0.3, 0.4) is 0 Å². The van der Waals surface area contributed by atoms with Crippen LogP contribution >= 0.6 is 0 Å². The summed E-state index contributed by atoms with van der Waals surface area (Å²) in [5, 5.41) is 7.75. The molecule has 5 nitrogen and oxygen atoms in total. The molecule has 2 aromatic carbocycles. The normalized spacial score (nSPS) is 10.8. The Morgan fingerprint density at radius 2 is 1.88 bits per heavy atom. The second-order valence-corrected chi connectivity index (χ2v) is 5.07. The molecule has 0 spiro atoms. The van der Waals surface area contributed by atoms with Crippen LogP contribution in [0.15, 0.2) is 43.0 Å². The SMILES string of the molecule is Cn1cnc2cc(-c3nncn3-c3c(F)cccc3F)[c-]cc21.[Ir]. The van der Waals surface area contributed by atoms with Gasteiger partial charge in [-0.25, -0.2) is 8.78 Å². The molecule has 1 radical (unpaired) electrons. The van der Waals surface area contributed by atoms with Gasteiger partial charge >= 0.3 is 0 Å². The van der Waals surface area contributed by atoms with Crippen molar-refractivity contribution in [2.75, 3.05) is 0 Å². The second-order valence-electron chi connectivity index (χ2n) is 5.07. The minimum Gasteiger partial charge on any atom is -0.373 e.